The zero-order chi connectivity index (χ0) is 15.5. The van der Waals surface area contributed by atoms with Gasteiger partial charge in [0.15, 0.2) is 0 Å². The number of thioether (sulfide) groups is 1. The maximum absolute atomic E-state index is 12.0. The Morgan fingerprint density at radius 3 is 2.43 bits per heavy atom. The Balaban J connectivity index is 2.37. The molecule has 0 aromatic heterocycles. The molecule has 5 heteroatoms. The number of halogens is 1. The lowest BCUT2D eigenvalue weighted by molar-refractivity contribution is -0.122. The van der Waals surface area contributed by atoms with Gasteiger partial charge in [0, 0.05) is 15.1 Å². The molecule has 0 spiro atoms. The first-order valence-electron chi connectivity index (χ1n) is 6.44. The predicted molar refractivity (Wildman–Crippen MR) is 92.5 cm³/mol. The molecule has 0 aliphatic heterocycles. The molecule has 1 unspecified atom stereocenters. The molecule has 0 aliphatic rings. The molecular weight excluding hydrogens is 348 g/mol. The van der Waals surface area contributed by atoms with Crippen molar-refractivity contribution >= 4 is 39.3 Å². The molecule has 0 radical (unpaired) electrons. The van der Waals surface area contributed by atoms with Crippen LogP contribution in [-0.4, -0.2) is 12.2 Å². The molecule has 110 valence electrons. The molecule has 3 nitrogen and oxygen atoms in total. The van der Waals surface area contributed by atoms with Crippen LogP contribution in [0.15, 0.2) is 57.9 Å². The van der Waals surface area contributed by atoms with Crippen molar-refractivity contribution < 1.29 is 4.79 Å². The van der Waals surface area contributed by atoms with E-state index in [0.717, 1.165) is 20.6 Å². The fourth-order valence-corrected chi connectivity index (χ4v) is 2.86. The van der Waals surface area contributed by atoms with E-state index in [0.29, 0.717) is 0 Å². The third-order valence-electron chi connectivity index (χ3n) is 3.38. The summed E-state index contributed by atoms with van der Waals surface area (Å²) in [4.78, 5) is 13.2. The summed E-state index contributed by atoms with van der Waals surface area (Å²) in [5, 5.41) is 3.24. The minimum atomic E-state index is -0.961. The van der Waals surface area contributed by atoms with Gasteiger partial charge in [0.25, 0.3) is 0 Å². The molecular formula is C16H17BrN2OS. The van der Waals surface area contributed by atoms with Crippen LogP contribution in [0.5, 0.6) is 0 Å². The van der Waals surface area contributed by atoms with Crippen LogP contribution in [0.2, 0.25) is 0 Å². The first-order chi connectivity index (χ1) is 9.95. The Kier molecular flexibility index (Phi) is 4.96. The molecule has 0 fully saturated rings. The first-order valence-corrected chi connectivity index (χ1v) is 8.45. The van der Waals surface area contributed by atoms with E-state index in [1.54, 1.807) is 18.7 Å². The maximum Gasteiger partial charge on any atom is 0.247 e. The van der Waals surface area contributed by atoms with Gasteiger partial charge in [0.05, 0.1) is 0 Å². The normalized spacial score (nSPS) is 13.5. The van der Waals surface area contributed by atoms with E-state index in [9.17, 15) is 4.79 Å². The van der Waals surface area contributed by atoms with Gasteiger partial charge < -0.3 is 11.1 Å². The molecule has 0 aliphatic carbocycles. The summed E-state index contributed by atoms with van der Waals surface area (Å²) in [6.45, 7) is 1.80. The van der Waals surface area contributed by atoms with E-state index in [-0.39, 0.29) is 0 Å². The highest BCUT2D eigenvalue weighted by Gasteiger charge is 2.33. The lowest BCUT2D eigenvalue weighted by Gasteiger charge is -2.29. The molecule has 0 bridgehead atoms. The molecule has 0 saturated heterocycles. The van der Waals surface area contributed by atoms with Gasteiger partial charge in [-0.2, -0.15) is 0 Å². The first kappa shape index (κ1) is 15.9. The summed E-state index contributed by atoms with van der Waals surface area (Å²) in [7, 11) is 0. The van der Waals surface area contributed by atoms with Crippen molar-refractivity contribution in [1.29, 1.82) is 0 Å². The predicted octanol–water partition coefficient (Wildman–Crippen LogP) is 3.98. The zero-order valence-electron chi connectivity index (χ0n) is 11.9. The van der Waals surface area contributed by atoms with Crippen molar-refractivity contribution in [3.8, 4) is 0 Å². The van der Waals surface area contributed by atoms with Gasteiger partial charge in [-0.25, -0.2) is 0 Å². The Hall–Kier alpha value is -1.46. The zero-order valence-corrected chi connectivity index (χ0v) is 14.3. The maximum atomic E-state index is 12.0. The average molecular weight is 365 g/mol. The van der Waals surface area contributed by atoms with Crippen LogP contribution in [0.3, 0.4) is 0 Å². The lowest BCUT2D eigenvalue weighted by Crippen LogP contribution is -2.45. The Bertz CT molecular complexity index is 645. The number of rotatable bonds is 5. The van der Waals surface area contributed by atoms with Crippen LogP contribution in [0, 0.1) is 0 Å². The Labute approximate surface area is 137 Å². The van der Waals surface area contributed by atoms with Crippen LogP contribution < -0.4 is 11.1 Å². The fourth-order valence-electron chi connectivity index (χ4n) is 2.06. The van der Waals surface area contributed by atoms with E-state index in [2.05, 4.69) is 21.2 Å². The molecule has 2 aromatic rings. The summed E-state index contributed by atoms with van der Waals surface area (Å²) in [6.07, 6.45) is 2.02. The summed E-state index contributed by atoms with van der Waals surface area (Å²) in [6, 6.07) is 15.5. The van der Waals surface area contributed by atoms with Crippen molar-refractivity contribution in [2.24, 2.45) is 5.73 Å². The SMILES string of the molecule is CSc1ccc(C(C)(Nc2cccc(Br)c2)C(N)=O)cc1. The summed E-state index contributed by atoms with van der Waals surface area (Å²) >= 11 is 5.08. The van der Waals surface area contributed by atoms with E-state index >= 15 is 0 Å². The van der Waals surface area contributed by atoms with Crippen molar-refractivity contribution in [3.63, 3.8) is 0 Å². The number of carbonyl (C=O) groups excluding carboxylic acids is 1. The van der Waals surface area contributed by atoms with E-state index in [1.807, 2.05) is 54.8 Å². The molecule has 21 heavy (non-hydrogen) atoms. The van der Waals surface area contributed by atoms with Gasteiger partial charge in [-0.15, -0.1) is 11.8 Å². The smallest absolute Gasteiger partial charge is 0.247 e. The van der Waals surface area contributed by atoms with Crippen molar-refractivity contribution in [2.75, 3.05) is 11.6 Å². The number of nitrogens with one attached hydrogen (secondary N) is 1. The number of primary amides is 1. The van der Waals surface area contributed by atoms with Crippen LogP contribution in [0.4, 0.5) is 5.69 Å². The van der Waals surface area contributed by atoms with Gasteiger partial charge in [-0.3, -0.25) is 4.79 Å². The molecule has 0 heterocycles. The average Bonchev–Trinajstić information content (AvgIpc) is 2.47. The Morgan fingerprint density at radius 1 is 1.24 bits per heavy atom. The number of nitrogens with two attached hydrogens (primary N) is 1. The van der Waals surface area contributed by atoms with Crippen molar-refractivity contribution in [3.05, 3.63) is 58.6 Å². The minimum absolute atomic E-state index is 0.417. The van der Waals surface area contributed by atoms with Crippen LogP contribution >= 0.6 is 27.7 Å². The lowest BCUT2D eigenvalue weighted by atomic mass is 9.91. The van der Waals surface area contributed by atoms with Crippen molar-refractivity contribution in [2.45, 2.75) is 17.4 Å². The van der Waals surface area contributed by atoms with Gasteiger partial charge in [0.2, 0.25) is 5.91 Å². The number of carbonyl (C=O) groups is 1. The van der Waals surface area contributed by atoms with E-state index in [1.165, 1.54) is 0 Å². The highest BCUT2D eigenvalue weighted by molar-refractivity contribution is 9.10. The molecule has 2 aromatic carbocycles. The van der Waals surface area contributed by atoms with E-state index in [4.69, 9.17) is 5.73 Å². The summed E-state index contributed by atoms with van der Waals surface area (Å²) < 4.78 is 0.942. The second-order valence-electron chi connectivity index (χ2n) is 4.85. The number of hydrogen-bond acceptors (Lipinski definition) is 3. The largest absolute Gasteiger partial charge is 0.368 e. The van der Waals surface area contributed by atoms with Gasteiger partial charge in [0.1, 0.15) is 5.54 Å². The topological polar surface area (TPSA) is 55.1 Å². The van der Waals surface area contributed by atoms with Crippen LogP contribution in [-0.2, 0) is 10.3 Å². The fraction of sp³-hybridized carbons (Fsp3) is 0.188. The molecule has 0 saturated carbocycles. The quantitative estimate of drug-likeness (QED) is 0.788. The minimum Gasteiger partial charge on any atom is -0.368 e. The second-order valence-corrected chi connectivity index (χ2v) is 6.65. The van der Waals surface area contributed by atoms with E-state index < -0.39 is 11.4 Å². The van der Waals surface area contributed by atoms with Gasteiger partial charge >= 0.3 is 0 Å². The molecule has 3 N–H and O–H groups in total. The third-order valence-corrected chi connectivity index (χ3v) is 4.62. The van der Waals surface area contributed by atoms with Crippen molar-refractivity contribution in [1.82, 2.24) is 0 Å². The second kappa shape index (κ2) is 6.54. The summed E-state index contributed by atoms with van der Waals surface area (Å²) in [5.41, 5.74) is 6.35. The van der Waals surface area contributed by atoms with Gasteiger partial charge in [-0.1, -0.05) is 34.1 Å². The number of amides is 1. The Morgan fingerprint density at radius 2 is 1.90 bits per heavy atom. The molecule has 1 atom stereocenters. The highest BCUT2D eigenvalue weighted by Crippen LogP contribution is 2.28. The summed E-state index contributed by atoms with van der Waals surface area (Å²) in [5.74, 6) is -0.417. The standard InChI is InChI=1S/C16H17BrN2OS/c1-16(15(18)20,11-6-8-14(21-2)9-7-11)19-13-5-3-4-12(17)10-13/h3-10,19H,1-2H3,(H2,18,20). The number of benzene rings is 2. The molecule has 2 rings (SSSR count). The van der Waals surface area contributed by atoms with Gasteiger partial charge in [-0.05, 0) is 49.1 Å². The van der Waals surface area contributed by atoms with Crippen LogP contribution in [0.25, 0.3) is 0 Å². The molecule has 1 amide bonds. The monoisotopic (exact) mass is 364 g/mol. The number of anilines is 1. The third kappa shape index (κ3) is 3.60. The highest BCUT2D eigenvalue weighted by atomic mass is 79.9. The number of hydrogen-bond donors (Lipinski definition) is 2. The van der Waals surface area contributed by atoms with Crippen LogP contribution in [0.1, 0.15) is 12.5 Å².